The van der Waals surface area contributed by atoms with Crippen LogP contribution in [0.2, 0.25) is 0 Å². The third-order valence-corrected chi connectivity index (χ3v) is 8.86. The van der Waals surface area contributed by atoms with E-state index in [1.165, 1.54) is 29.0 Å². The van der Waals surface area contributed by atoms with Crippen molar-refractivity contribution >= 4 is 17.7 Å². The maximum atomic E-state index is 14.4. The lowest BCUT2D eigenvalue weighted by molar-refractivity contribution is -0.146. The van der Waals surface area contributed by atoms with Gasteiger partial charge in [0.15, 0.2) is 11.6 Å². The van der Waals surface area contributed by atoms with Gasteiger partial charge in [-0.25, -0.2) is 8.78 Å². The summed E-state index contributed by atoms with van der Waals surface area (Å²) in [5.74, 6) is -3.51. The largest absolute Gasteiger partial charge is 0.396 e. The highest BCUT2D eigenvalue weighted by atomic mass is 19.2. The van der Waals surface area contributed by atoms with Gasteiger partial charge in [-0.05, 0) is 67.8 Å². The first kappa shape index (κ1) is 39.0. The van der Waals surface area contributed by atoms with E-state index in [0.717, 1.165) is 28.8 Å². The summed E-state index contributed by atoms with van der Waals surface area (Å²) in [6.07, 6.45) is 3.83. The highest BCUT2D eigenvalue weighted by molar-refractivity contribution is 5.95. The zero-order chi connectivity index (χ0) is 36.4. The second-order valence-electron chi connectivity index (χ2n) is 13.9. The molecule has 0 aliphatic carbocycles. The van der Waals surface area contributed by atoms with Gasteiger partial charge in [-0.1, -0.05) is 80.6 Å². The van der Waals surface area contributed by atoms with E-state index >= 15 is 0 Å². The molecule has 0 aliphatic rings. The van der Waals surface area contributed by atoms with Crippen molar-refractivity contribution in [3.63, 3.8) is 0 Å². The second-order valence-corrected chi connectivity index (χ2v) is 13.9. The highest BCUT2D eigenvalue weighted by Crippen LogP contribution is 2.22. The average molecular weight is 677 g/mol. The molecule has 0 saturated heterocycles. The molecule has 0 bridgehead atoms. The number of benzene rings is 3. The van der Waals surface area contributed by atoms with Crippen molar-refractivity contribution in [2.45, 2.75) is 64.6 Å². The van der Waals surface area contributed by atoms with E-state index in [1.54, 1.807) is 27.0 Å². The number of nitrogens with one attached hydrogen (secondary N) is 2. The molecule has 8 nitrogen and oxygen atoms in total. The molecule has 3 rings (SSSR count). The lowest BCUT2D eigenvalue weighted by Crippen LogP contribution is -2.56. The molecular weight excluding hydrogens is 626 g/mol. The topological polar surface area (TPSA) is 102 Å². The summed E-state index contributed by atoms with van der Waals surface area (Å²) in [4.78, 5) is 44.2. The molecule has 2 unspecified atom stereocenters. The summed E-state index contributed by atoms with van der Waals surface area (Å²) < 4.78 is 28.0. The lowest BCUT2D eigenvalue weighted by atomic mass is 9.94. The minimum Gasteiger partial charge on any atom is -0.396 e. The Bertz CT molecular complexity index is 1590. The Morgan fingerprint density at radius 1 is 0.816 bits per heavy atom. The minimum absolute atomic E-state index is 0.111. The van der Waals surface area contributed by atoms with Crippen LogP contribution in [0.5, 0.6) is 0 Å². The van der Waals surface area contributed by atoms with Crippen LogP contribution < -0.4 is 10.6 Å². The van der Waals surface area contributed by atoms with E-state index in [4.69, 9.17) is 0 Å². The number of rotatable bonds is 16. The number of hydrogen-bond acceptors (Lipinski definition) is 5. The molecular formula is C39H50F2N4O4. The third kappa shape index (κ3) is 11.3. The van der Waals surface area contributed by atoms with Gasteiger partial charge in [0.1, 0.15) is 12.1 Å². The Balaban J connectivity index is 1.97. The molecule has 0 radical (unpaired) electrons. The zero-order valence-electron chi connectivity index (χ0n) is 29.6. The Hall–Kier alpha value is -4.41. The van der Waals surface area contributed by atoms with Gasteiger partial charge in [0.2, 0.25) is 17.7 Å². The average Bonchev–Trinajstić information content (AvgIpc) is 3.09. The second kappa shape index (κ2) is 17.3. The highest BCUT2D eigenvalue weighted by Gasteiger charge is 2.35. The number of likely N-dealkylation sites (N-methyl/N-ethyl adjacent to an activating group) is 2. The van der Waals surface area contributed by atoms with Crippen LogP contribution in [-0.2, 0) is 27.2 Å². The Morgan fingerprint density at radius 3 is 2.00 bits per heavy atom. The van der Waals surface area contributed by atoms with Crippen LogP contribution in [0.3, 0.4) is 0 Å². The number of amides is 3. The summed E-state index contributed by atoms with van der Waals surface area (Å²) in [6, 6.07) is 18.8. The Labute approximate surface area is 289 Å². The third-order valence-electron chi connectivity index (χ3n) is 8.86. The van der Waals surface area contributed by atoms with E-state index < -0.39 is 40.9 Å². The fraction of sp³-hybridized carbons (Fsp3) is 0.410. The first-order chi connectivity index (χ1) is 23.1. The zero-order valence-corrected chi connectivity index (χ0v) is 29.6. The van der Waals surface area contributed by atoms with E-state index in [9.17, 15) is 28.3 Å². The van der Waals surface area contributed by atoms with Gasteiger partial charge in [0.25, 0.3) is 0 Å². The molecule has 0 spiro atoms. The van der Waals surface area contributed by atoms with Gasteiger partial charge in [0, 0.05) is 51.0 Å². The first-order valence-electron chi connectivity index (χ1n) is 16.4. The molecule has 3 N–H and O–H groups in total. The van der Waals surface area contributed by atoms with Crippen LogP contribution in [0.15, 0.2) is 84.9 Å². The normalized spacial score (nSPS) is 13.2. The predicted molar refractivity (Wildman–Crippen MR) is 190 cm³/mol. The Kier molecular flexibility index (Phi) is 13.8. The monoisotopic (exact) mass is 676 g/mol. The van der Waals surface area contributed by atoms with Crippen LogP contribution in [-0.4, -0.2) is 84.5 Å². The minimum atomic E-state index is -1.13. The molecule has 0 saturated carbocycles. The van der Waals surface area contributed by atoms with Crippen LogP contribution in [0.25, 0.3) is 11.1 Å². The van der Waals surface area contributed by atoms with Gasteiger partial charge in [0.05, 0.1) is 0 Å². The molecule has 3 aromatic carbocycles. The smallest absolute Gasteiger partial charge is 0.246 e. The molecule has 10 heteroatoms. The standard InChI is InChI=1S/C39H50F2N4O4/c1-38(2,26-46)25-43-36(48)33(24-28-17-20-31(40)32(41)22-28)45(7)37(49)34(44(6)35(47)14-11-21-39(3,4)42-5)23-27-15-18-30(19-16-27)29-12-9-8-10-13-29/h8-20,22,33-34,42,46H,21,23-26H2,1-7H3,(H,43,48)/b14-11+. The molecule has 2 atom stereocenters. The van der Waals surface area contributed by atoms with Crippen molar-refractivity contribution in [2.24, 2.45) is 5.41 Å². The summed E-state index contributed by atoms with van der Waals surface area (Å²) in [5, 5.41) is 15.7. The van der Waals surface area contributed by atoms with Crippen molar-refractivity contribution in [1.82, 2.24) is 20.4 Å². The number of carbonyl (C=O) groups excluding carboxylic acids is 3. The van der Waals surface area contributed by atoms with Crippen molar-refractivity contribution in [3.8, 4) is 11.1 Å². The SMILES string of the molecule is CNC(C)(C)C/C=C/C(=O)N(C)C(Cc1ccc(-c2ccccc2)cc1)C(=O)N(C)C(Cc1ccc(F)c(F)c1)C(=O)NCC(C)(C)CO. The van der Waals surface area contributed by atoms with Crippen LogP contribution in [0, 0.1) is 17.0 Å². The van der Waals surface area contributed by atoms with Gasteiger partial charge >= 0.3 is 0 Å². The van der Waals surface area contributed by atoms with E-state index in [-0.39, 0.29) is 37.4 Å². The number of aliphatic hydroxyl groups is 1. The maximum Gasteiger partial charge on any atom is 0.246 e. The number of halogens is 2. The molecule has 3 aromatic rings. The van der Waals surface area contributed by atoms with Gasteiger partial charge in [-0.2, -0.15) is 0 Å². The lowest BCUT2D eigenvalue weighted by Gasteiger charge is -2.35. The fourth-order valence-corrected chi connectivity index (χ4v) is 5.09. The van der Waals surface area contributed by atoms with Crippen molar-refractivity contribution in [2.75, 3.05) is 34.3 Å². The van der Waals surface area contributed by atoms with E-state index in [2.05, 4.69) is 10.6 Å². The molecule has 0 fully saturated rings. The van der Waals surface area contributed by atoms with Gasteiger partial charge < -0.3 is 25.5 Å². The first-order valence-corrected chi connectivity index (χ1v) is 16.4. The quantitative estimate of drug-likeness (QED) is 0.182. The van der Waals surface area contributed by atoms with E-state index in [0.29, 0.717) is 12.0 Å². The molecule has 0 aliphatic heterocycles. The van der Waals surface area contributed by atoms with Crippen molar-refractivity contribution < 1.29 is 28.3 Å². The number of carbonyl (C=O) groups is 3. The summed E-state index contributed by atoms with van der Waals surface area (Å²) in [7, 11) is 4.87. The predicted octanol–water partition coefficient (Wildman–Crippen LogP) is 5.15. The Morgan fingerprint density at radius 2 is 1.41 bits per heavy atom. The molecule has 0 heterocycles. The van der Waals surface area contributed by atoms with Crippen molar-refractivity contribution in [3.05, 3.63) is 108 Å². The summed E-state index contributed by atoms with van der Waals surface area (Å²) >= 11 is 0. The van der Waals surface area contributed by atoms with Crippen LogP contribution >= 0.6 is 0 Å². The molecule has 264 valence electrons. The number of hydrogen-bond donors (Lipinski definition) is 3. The van der Waals surface area contributed by atoms with Crippen LogP contribution in [0.4, 0.5) is 8.78 Å². The summed E-state index contributed by atoms with van der Waals surface area (Å²) in [6.45, 7) is 7.49. The summed E-state index contributed by atoms with van der Waals surface area (Å²) in [5.41, 5.74) is 2.28. The van der Waals surface area contributed by atoms with Gasteiger partial charge in [-0.3, -0.25) is 14.4 Å². The fourth-order valence-electron chi connectivity index (χ4n) is 5.09. The number of aliphatic hydroxyl groups excluding tert-OH is 1. The molecule has 0 aromatic heterocycles. The van der Waals surface area contributed by atoms with Gasteiger partial charge in [-0.15, -0.1) is 0 Å². The van der Waals surface area contributed by atoms with Crippen molar-refractivity contribution in [1.29, 1.82) is 0 Å². The molecule has 3 amide bonds. The van der Waals surface area contributed by atoms with E-state index in [1.807, 2.05) is 75.5 Å². The maximum absolute atomic E-state index is 14.4. The number of nitrogens with zero attached hydrogens (tertiary/aromatic N) is 2. The molecule has 49 heavy (non-hydrogen) atoms. The van der Waals surface area contributed by atoms with Crippen LogP contribution in [0.1, 0.15) is 45.2 Å².